The molecule has 3 heteroatoms. The topological polar surface area (TPSA) is 21.3 Å². The lowest BCUT2D eigenvalue weighted by Gasteiger charge is -2.30. The Morgan fingerprint density at radius 1 is 1.25 bits per heavy atom. The SMILES string of the molecule is CCCNCCC(C)(C)c1c(C)c(Br)cc(C)c1OC. The van der Waals surface area contributed by atoms with Crippen LogP contribution in [-0.2, 0) is 5.41 Å². The normalized spacial score (nSPS) is 11.8. The molecule has 0 spiro atoms. The molecule has 0 aliphatic heterocycles. The first-order valence-corrected chi connectivity index (χ1v) is 8.19. The van der Waals surface area contributed by atoms with E-state index >= 15 is 0 Å². The van der Waals surface area contributed by atoms with E-state index in [-0.39, 0.29) is 5.41 Å². The highest BCUT2D eigenvalue weighted by Crippen LogP contribution is 2.41. The number of rotatable bonds is 7. The summed E-state index contributed by atoms with van der Waals surface area (Å²) in [6.07, 6.45) is 2.28. The van der Waals surface area contributed by atoms with Crippen LogP contribution in [0.4, 0.5) is 0 Å². The second kappa shape index (κ2) is 7.46. The van der Waals surface area contributed by atoms with Gasteiger partial charge in [0.15, 0.2) is 0 Å². The van der Waals surface area contributed by atoms with Crippen molar-refractivity contribution in [1.82, 2.24) is 5.32 Å². The minimum absolute atomic E-state index is 0.0880. The zero-order valence-electron chi connectivity index (χ0n) is 13.7. The number of halogens is 1. The predicted molar refractivity (Wildman–Crippen MR) is 91.0 cm³/mol. The van der Waals surface area contributed by atoms with Crippen LogP contribution >= 0.6 is 15.9 Å². The number of hydrogen-bond donors (Lipinski definition) is 1. The summed E-state index contributed by atoms with van der Waals surface area (Å²) in [5, 5.41) is 3.49. The quantitative estimate of drug-likeness (QED) is 0.723. The molecular formula is C17H28BrNO. The van der Waals surface area contributed by atoms with E-state index in [4.69, 9.17) is 4.74 Å². The van der Waals surface area contributed by atoms with Gasteiger partial charge in [-0.15, -0.1) is 0 Å². The summed E-state index contributed by atoms with van der Waals surface area (Å²) in [5.41, 5.74) is 3.89. The zero-order chi connectivity index (χ0) is 15.3. The van der Waals surface area contributed by atoms with Crippen molar-refractivity contribution in [2.75, 3.05) is 20.2 Å². The largest absolute Gasteiger partial charge is 0.496 e. The average molecular weight is 342 g/mol. The van der Waals surface area contributed by atoms with Crippen molar-refractivity contribution in [2.24, 2.45) is 0 Å². The Morgan fingerprint density at radius 3 is 2.45 bits per heavy atom. The molecule has 0 amide bonds. The van der Waals surface area contributed by atoms with Gasteiger partial charge in [-0.2, -0.15) is 0 Å². The van der Waals surface area contributed by atoms with Gasteiger partial charge in [0.25, 0.3) is 0 Å². The summed E-state index contributed by atoms with van der Waals surface area (Å²) < 4.78 is 6.85. The lowest BCUT2D eigenvalue weighted by Crippen LogP contribution is -2.27. The summed E-state index contributed by atoms with van der Waals surface area (Å²) >= 11 is 3.67. The number of ether oxygens (including phenoxy) is 1. The van der Waals surface area contributed by atoms with E-state index < -0.39 is 0 Å². The minimum Gasteiger partial charge on any atom is -0.496 e. The Bertz CT molecular complexity index is 455. The summed E-state index contributed by atoms with van der Waals surface area (Å²) in [5.74, 6) is 1.03. The molecule has 0 fully saturated rings. The molecule has 0 unspecified atom stereocenters. The smallest absolute Gasteiger partial charge is 0.125 e. The maximum Gasteiger partial charge on any atom is 0.125 e. The van der Waals surface area contributed by atoms with Gasteiger partial charge in [-0.3, -0.25) is 0 Å². The molecule has 0 heterocycles. The lowest BCUT2D eigenvalue weighted by molar-refractivity contribution is 0.378. The Balaban J connectivity index is 3.09. The molecule has 1 rings (SSSR count). The fourth-order valence-electron chi connectivity index (χ4n) is 2.76. The molecule has 2 nitrogen and oxygen atoms in total. The van der Waals surface area contributed by atoms with Crippen LogP contribution in [0.3, 0.4) is 0 Å². The second-order valence-electron chi connectivity index (χ2n) is 6.09. The molecule has 1 N–H and O–H groups in total. The molecule has 0 radical (unpaired) electrons. The maximum atomic E-state index is 5.68. The summed E-state index contributed by atoms with van der Waals surface area (Å²) in [4.78, 5) is 0. The van der Waals surface area contributed by atoms with Crippen molar-refractivity contribution in [2.45, 2.75) is 52.9 Å². The van der Waals surface area contributed by atoms with Gasteiger partial charge in [-0.1, -0.05) is 36.7 Å². The summed E-state index contributed by atoms with van der Waals surface area (Å²) in [7, 11) is 1.77. The van der Waals surface area contributed by atoms with Crippen molar-refractivity contribution in [3.05, 3.63) is 27.2 Å². The molecule has 114 valence electrons. The first kappa shape index (κ1) is 17.5. The van der Waals surface area contributed by atoms with Crippen LogP contribution in [0.1, 0.15) is 50.3 Å². The van der Waals surface area contributed by atoms with Crippen LogP contribution < -0.4 is 10.1 Å². The first-order valence-electron chi connectivity index (χ1n) is 7.40. The Labute approximate surface area is 132 Å². The highest BCUT2D eigenvalue weighted by molar-refractivity contribution is 9.10. The monoisotopic (exact) mass is 341 g/mol. The van der Waals surface area contributed by atoms with Crippen LogP contribution in [0.15, 0.2) is 10.5 Å². The van der Waals surface area contributed by atoms with Crippen molar-refractivity contribution >= 4 is 15.9 Å². The van der Waals surface area contributed by atoms with E-state index in [2.05, 4.69) is 61.9 Å². The van der Waals surface area contributed by atoms with Crippen molar-refractivity contribution in [3.63, 3.8) is 0 Å². The molecule has 0 bridgehead atoms. The van der Waals surface area contributed by atoms with Crippen molar-refractivity contribution in [1.29, 1.82) is 0 Å². The van der Waals surface area contributed by atoms with E-state index in [9.17, 15) is 0 Å². The van der Waals surface area contributed by atoms with Crippen molar-refractivity contribution < 1.29 is 4.74 Å². The third-order valence-electron chi connectivity index (χ3n) is 3.90. The molecule has 20 heavy (non-hydrogen) atoms. The van der Waals surface area contributed by atoms with Gasteiger partial charge in [0.05, 0.1) is 7.11 Å². The molecule has 0 saturated carbocycles. The fraction of sp³-hybridized carbons (Fsp3) is 0.647. The number of benzene rings is 1. The summed E-state index contributed by atoms with van der Waals surface area (Å²) in [6, 6.07) is 2.14. The van der Waals surface area contributed by atoms with E-state index in [1.807, 2.05) is 0 Å². The highest BCUT2D eigenvalue weighted by Gasteiger charge is 2.28. The Morgan fingerprint density at radius 2 is 1.90 bits per heavy atom. The lowest BCUT2D eigenvalue weighted by atomic mass is 9.78. The Hall–Kier alpha value is -0.540. The van der Waals surface area contributed by atoms with Gasteiger partial charge in [0.1, 0.15) is 5.75 Å². The average Bonchev–Trinajstić information content (AvgIpc) is 2.38. The Kier molecular flexibility index (Phi) is 6.53. The molecule has 0 aliphatic rings. The first-order chi connectivity index (χ1) is 9.35. The van der Waals surface area contributed by atoms with Crippen LogP contribution in [0, 0.1) is 13.8 Å². The van der Waals surface area contributed by atoms with Crippen LogP contribution in [0.5, 0.6) is 5.75 Å². The number of hydrogen-bond acceptors (Lipinski definition) is 2. The van der Waals surface area contributed by atoms with Gasteiger partial charge in [-0.25, -0.2) is 0 Å². The number of nitrogens with one attached hydrogen (secondary N) is 1. The fourth-order valence-corrected chi connectivity index (χ4v) is 3.30. The molecule has 0 aromatic heterocycles. The van der Waals surface area contributed by atoms with Gasteiger partial charge in [-0.05, 0) is 62.4 Å². The second-order valence-corrected chi connectivity index (χ2v) is 6.95. The van der Waals surface area contributed by atoms with Crippen LogP contribution in [0.25, 0.3) is 0 Å². The number of methoxy groups -OCH3 is 1. The molecular weight excluding hydrogens is 314 g/mol. The highest BCUT2D eigenvalue weighted by atomic mass is 79.9. The zero-order valence-corrected chi connectivity index (χ0v) is 15.3. The van der Waals surface area contributed by atoms with E-state index in [0.29, 0.717) is 0 Å². The van der Waals surface area contributed by atoms with Crippen molar-refractivity contribution in [3.8, 4) is 5.75 Å². The maximum absolute atomic E-state index is 5.68. The van der Waals surface area contributed by atoms with E-state index in [0.717, 1.165) is 25.3 Å². The van der Waals surface area contributed by atoms with Gasteiger partial charge >= 0.3 is 0 Å². The van der Waals surface area contributed by atoms with E-state index in [1.54, 1.807) is 7.11 Å². The molecule has 1 aromatic carbocycles. The van der Waals surface area contributed by atoms with Gasteiger partial charge in [0.2, 0.25) is 0 Å². The number of aryl methyl sites for hydroxylation is 1. The molecule has 0 atom stereocenters. The predicted octanol–water partition coefficient (Wildman–Crippen LogP) is 4.74. The van der Waals surface area contributed by atoms with Crippen LogP contribution in [0.2, 0.25) is 0 Å². The van der Waals surface area contributed by atoms with Crippen LogP contribution in [-0.4, -0.2) is 20.2 Å². The standard InChI is InChI=1S/C17H28BrNO/c1-7-9-19-10-8-17(4,5)15-13(3)14(18)11-12(2)16(15)20-6/h11,19H,7-10H2,1-6H3. The third-order valence-corrected chi connectivity index (χ3v) is 4.72. The summed E-state index contributed by atoms with van der Waals surface area (Å²) in [6.45, 7) is 13.2. The molecule has 0 saturated heterocycles. The molecule has 0 aliphatic carbocycles. The minimum atomic E-state index is 0.0880. The van der Waals surface area contributed by atoms with E-state index in [1.165, 1.54) is 27.6 Å². The van der Waals surface area contributed by atoms with Gasteiger partial charge in [0, 0.05) is 10.0 Å². The third kappa shape index (κ3) is 3.98. The molecule has 1 aromatic rings. The van der Waals surface area contributed by atoms with Gasteiger partial charge < -0.3 is 10.1 Å².